The molecular formula is C15H19N3O4S. The third-order valence-corrected chi connectivity index (χ3v) is 5.23. The van der Waals surface area contributed by atoms with Crippen LogP contribution in [-0.2, 0) is 19.1 Å². The predicted octanol–water partition coefficient (Wildman–Crippen LogP) is 1.67. The number of hydrogen-bond donors (Lipinski definition) is 1. The van der Waals surface area contributed by atoms with Crippen molar-refractivity contribution in [2.45, 2.75) is 20.3 Å². The first kappa shape index (κ1) is 18.7. The van der Waals surface area contributed by atoms with Gasteiger partial charge in [0.25, 0.3) is 0 Å². The van der Waals surface area contributed by atoms with Crippen LogP contribution in [-0.4, -0.2) is 37.0 Å². The van der Waals surface area contributed by atoms with Crippen LogP contribution in [0.25, 0.3) is 0 Å². The van der Waals surface area contributed by atoms with Crippen LogP contribution in [0.1, 0.15) is 20.3 Å². The highest BCUT2D eigenvalue weighted by Gasteiger charge is 2.48. The summed E-state index contributed by atoms with van der Waals surface area (Å²) in [6.45, 7) is 3.29. The molecule has 8 heteroatoms. The lowest BCUT2D eigenvalue weighted by Crippen LogP contribution is -2.37. The summed E-state index contributed by atoms with van der Waals surface area (Å²) < 4.78 is 9.63. The number of esters is 2. The molecule has 23 heavy (non-hydrogen) atoms. The van der Waals surface area contributed by atoms with Crippen molar-refractivity contribution in [3.05, 3.63) is 11.1 Å². The summed E-state index contributed by atoms with van der Waals surface area (Å²) >= 11 is 0. The fraction of sp³-hybridized carbons (Fsp3) is 0.533. The minimum absolute atomic E-state index is 0.145. The summed E-state index contributed by atoms with van der Waals surface area (Å²) in [4.78, 5) is 27.8. The number of carbonyl (C=O) groups is 2. The molecule has 2 unspecified atom stereocenters. The van der Waals surface area contributed by atoms with E-state index in [1.807, 2.05) is 12.1 Å². The maximum atomic E-state index is 12.3. The van der Waals surface area contributed by atoms with Crippen LogP contribution in [0.5, 0.6) is 0 Å². The Morgan fingerprint density at radius 2 is 2.09 bits per heavy atom. The summed E-state index contributed by atoms with van der Waals surface area (Å²) in [6, 6.07) is 3.68. The molecule has 0 saturated heterocycles. The van der Waals surface area contributed by atoms with Gasteiger partial charge in [0.2, 0.25) is 0 Å². The molecule has 0 spiro atoms. The first-order valence-electron chi connectivity index (χ1n) is 6.99. The number of ether oxygens (including phenoxy) is 2. The quantitative estimate of drug-likeness (QED) is 0.558. The number of methoxy groups -OCH3 is 1. The van der Waals surface area contributed by atoms with Gasteiger partial charge in [-0.05, 0) is 25.0 Å². The van der Waals surface area contributed by atoms with Crippen LogP contribution in [0.2, 0.25) is 0 Å². The van der Waals surface area contributed by atoms with Crippen molar-refractivity contribution in [1.29, 1.82) is 10.5 Å². The molecule has 1 aliphatic rings. The van der Waals surface area contributed by atoms with Gasteiger partial charge in [0.15, 0.2) is 5.92 Å². The van der Waals surface area contributed by atoms with E-state index in [1.54, 1.807) is 17.9 Å². The van der Waals surface area contributed by atoms with Crippen molar-refractivity contribution in [3.63, 3.8) is 0 Å². The van der Waals surface area contributed by atoms with Gasteiger partial charge < -0.3 is 9.47 Å². The molecule has 0 saturated carbocycles. The van der Waals surface area contributed by atoms with Gasteiger partial charge in [0.1, 0.15) is 5.41 Å². The molecule has 0 radical (unpaired) electrons. The van der Waals surface area contributed by atoms with Crippen molar-refractivity contribution >= 4 is 28.4 Å². The van der Waals surface area contributed by atoms with Gasteiger partial charge in [-0.3, -0.25) is 14.6 Å². The molecular weight excluding hydrogens is 318 g/mol. The molecule has 0 bridgehead atoms. The molecule has 2 atom stereocenters. The molecule has 124 valence electrons. The zero-order chi connectivity index (χ0) is 17.5. The Hall–Kier alpha value is -2.32. The average Bonchev–Trinajstić information content (AvgIpc) is 3.03. The molecule has 0 aliphatic carbocycles. The second kappa shape index (κ2) is 8.35. The zero-order valence-electron chi connectivity index (χ0n) is 13.3. The van der Waals surface area contributed by atoms with Gasteiger partial charge in [-0.15, -0.1) is 0 Å². The molecule has 7 nitrogen and oxygen atoms in total. The average molecular weight is 337 g/mol. The third kappa shape index (κ3) is 4.11. The van der Waals surface area contributed by atoms with Crippen molar-refractivity contribution in [2.75, 3.05) is 19.5 Å². The highest BCUT2D eigenvalue weighted by molar-refractivity contribution is 8.31. The van der Waals surface area contributed by atoms with E-state index in [1.165, 1.54) is 14.0 Å². The van der Waals surface area contributed by atoms with Crippen LogP contribution in [0.15, 0.2) is 16.1 Å². The first-order chi connectivity index (χ1) is 10.9. The molecule has 0 aromatic heterocycles. The molecule has 0 aromatic carbocycles. The lowest BCUT2D eigenvalue weighted by atomic mass is 9.76. The number of thiol groups is 1. The van der Waals surface area contributed by atoms with Crippen LogP contribution >= 0.6 is 10.9 Å². The largest absolute Gasteiger partial charge is 0.469 e. The van der Waals surface area contributed by atoms with Gasteiger partial charge >= 0.3 is 11.9 Å². The van der Waals surface area contributed by atoms with Gasteiger partial charge in [-0.25, -0.2) is 0 Å². The van der Waals surface area contributed by atoms with E-state index in [4.69, 9.17) is 4.74 Å². The normalized spacial score (nSPS) is 20.1. The Bertz CT molecular complexity index is 603. The van der Waals surface area contributed by atoms with E-state index < -0.39 is 28.2 Å². The van der Waals surface area contributed by atoms with Gasteiger partial charge in [0.05, 0.1) is 38.0 Å². The van der Waals surface area contributed by atoms with Crippen molar-refractivity contribution < 1.29 is 19.1 Å². The highest BCUT2D eigenvalue weighted by Crippen LogP contribution is 2.44. The second-order valence-electron chi connectivity index (χ2n) is 4.94. The number of hydrogen-bond acceptors (Lipinski definition) is 7. The minimum Gasteiger partial charge on any atom is -0.469 e. The highest BCUT2D eigenvalue weighted by atomic mass is 32.2. The lowest BCUT2D eigenvalue weighted by Gasteiger charge is -2.27. The van der Waals surface area contributed by atoms with Gasteiger partial charge in [-0.1, -0.05) is 0 Å². The Morgan fingerprint density at radius 1 is 1.43 bits per heavy atom. The number of aliphatic imine (C=N–C) groups is 1. The molecule has 1 heterocycles. The summed E-state index contributed by atoms with van der Waals surface area (Å²) in [7, 11) is 0.484. The van der Waals surface area contributed by atoms with E-state index in [2.05, 4.69) is 9.73 Å². The predicted molar refractivity (Wildman–Crippen MR) is 86.5 cm³/mol. The summed E-state index contributed by atoms with van der Waals surface area (Å²) in [6.07, 6.45) is 0.244. The topological polar surface area (TPSA) is 113 Å². The number of nitrogens with zero attached hydrogens (tertiary/aromatic N) is 3. The summed E-state index contributed by atoms with van der Waals surface area (Å²) in [5, 5.41) is 20.2. The van der Waals surface area contributed by atoms with Crippen LogP contribution in [0, 0.1) is 34.0 Å². The molecule has 0 aromatic rings. The van der Waals surface area contributed by atoms with Crippen LogP contribution in [0.3, 0.4) is 0 Å². The number of nitriles is 2. The van der Waals surface area contributed by atoms with Gasteiger partial charge in [0, 0.05) is 5.55 Å². The second-order valence-corrected chi connectivity index (χ2v) is 6.90. The van der Waals surface area contributed by atoms with E-state index in [0.29, 0.717) is 11.4 Å². The third-order valence-electron chi connectivity index (χ3n) is 3.50. The summed E-state index contributed by atoms with van der Waals surface area (Å²) in [5.41, 5.74) is 0.565. The van der Waals surface area contributed by atoms with Crippen LogP contribution < -0.4 is 0 Å². The van der Waals surface area contributed by atoms with E-state index in [9.17, 15) is 20.1 Å². The molecule has 1 aliphatic heterocycles. The fourth-order valence-electron chi connectivity index (χ4n) is 2.01. The van der Waals surface area contributed by atoms with E-state index in [-0.39, 0.29) is 19.0 Å². The molecule has 0 amide bonds. The molecule has 1 rings (SSSR count). The van der Waals surface area contributed by atoms with Crippen molar-refractivity contribution in [3.8, 4) is 12.1 Å². The smallest absolute Gasteiger partial charge is 0.320 e. The van der Waals surface area contributed by atoms with Crippen LogP contribution in [0.4, 0.5) is 0 Å². The Labute approximate surface area is 137 Å². The lowest BCUT2D eigenvalue weighted by molar-refractivity contribution is -0.153. The van der Waals surface area contributed by atoms with E-state index >= 15 is 0 Å². The zero-order valence-corrected chi connectivity index (χ0v) is 14.2. The maximum Gasteiger partial charge on any atom is 0.320 e. The summed E-state index contributed by atoms with van der Waals surface area (Å²) in [5.74, 6) is -1.64. The Morgan fingerprint density at radius 3 is 2.61 bits per heavy atom. The standard InChI is InChI=1S/C15H19N3O4S/c1-4-22-14(20)15(2,11(7-16)8-17)12-9-23(10-18-12)6-5-13(19)21-3/h9-11,23H,4-6H2,1-3H3. The monoisotopic (exact) mass is 337 g/mol. The van der Waals surface area contributed by atoms with Crippen molar-refractivity contribution in [1.82, 2.24) is 0 Å². The number of carbonyl (C=O) groups excluding carboxylic acids is 2. The molecule has 0 fully saturated rings. The van der Waals surface area contributed by atoms with E-state index in [0.717, 1.165) is 0 Å². The first-order valence-corrected chi connectivity index (χ1v) is 8.66. The Balaban J connectivity index is 3.04. The minimum atomic E-state index is -1.45. The SMILES string of the molecule is CCOC(=O)C(C)(C1=C[SH](CCC(=O)OC)C=N1)C(C#N)C#N. The number of rotatable bonds is 7. The Kier molecular flexibility index (Phi) is 6.80. The fourth-order valence-corrected chi connectivity index (χ4v) is 3.69. The van der Waals surface area contributed by atoms with Gasteiger partial charge in [-0.2, -0.15) is 21.4 Å². The maximum absolute atomic E-state index is 12.3. The molecule has 0 N–H and O–H groups in total. The van der Waals surface area contributed by atoms with Crippen molar-refractivity contribution in [2.24, 2.45) is 16.3 Å².